The molecule has 6 nitrogen and oxygen atoms in total. The number of hydrogen-bond acceptors (Lipinski definition) is 6. The van der Waals surface area contributed by atoms with Crippen molar-refractivity contribution in [1.82, 2.24) is 0 Å². The number of amides is 2. The van der Waals surface area contributed by atoms with Crippen LogP contribution in [0.4, 0.5) is 10.7 Å². The molecule has 3 aromatic rings. The van der Waals surface area contributed by atoms with E-state index in [2.05, 4.69) is 10.6 Å². The largest absolute Gasteiger partial charge is 0.462 e. The Morgan fingerprint density at radius 1 is 1.00 bits per heavy atom. The van der Waals surface area contributed by atoms with Crippen molar-refractivity contribution in [2.75, 3.05) is 17.2 Å². The summed E-state index contributed by atoms with van der Waals surface area (Å²) >= 11 is 2.90. The number of thiophene rings is 1. The van der Waals surface area contributed by atoms with Crippen molar-refractivity contribution in [2.24, 2.45) is 0 Å². The Kier molecular flexibility index (Phi) is 9.41. The van der Waals surface area contributed by atoms with Crippen LogP contribution in [0.3, 0.4) is 0 Å². The number of benzene rings is 2. The second-order valence-corrected chi connectivity index (χ2v) is 11.1. The monoisotopic (exact) mass is 536 g/mol. The fourth-order valence-corrected chi connectivity index (χ4v) is 6.75. The van der Waals surface area contributed by atoms with E-state index in [1.54, 1.807) is 6.92 Å². The van der Waals surface area contributed by atoms with Crippen LogP contribution in [0.15, 0.2) is 59.5 Å². The Morgan fingerprint density at radius 3 is 2.54 bits per heavy atom. The molecule has 0 spiro atoms. The first-order valence-corrected chi connectivity index (χ1v) is 14.4. The van der Waals surface area contributed by atoms with Crippen LogP contribution in [0.2, 0.25) is 0 Å². The van der Waals surface area contributed by atoms with Crippen LogP contribution in [0.25, 0.3) is 0 Å². The molecule has 2 N–H and O–H groups in total. The van der Waals surface area contributed by atoms with Gasteiger partial charge in [-0.2, -0.15) is 0 Å². The van der Waals surface area contributed by atoms with Crippen molar-refractivity contribution in [2.45, 2.75) is 62.5 Å². The van der Waals surface area contributed by atoms with Crippen LogP contribution in [-0.2, 0) is 27.2 Å². The first-order chi connectivity index (χ1) is 18.0. The quantitative estimate of drug-likeness (QED) is 0.215. The third-order valence-electron chi connectivity index (χ3n) is 6.08. The van der Waals surface area contributed by atoms with E-state index in [0.717, 1.165) is 53.0 Å². The number of ether oxygens (including phenoxy) is 1. The van der Waals surface area contributed by atoms with E-state index in [9.17, 15) is 14.4 Å². The van der Waals surface area contributed by atoms with Crippen molar-refractivity contribution in [1.29, 1.82) is 0 Å². The van der Waals surface area contributed by atoms with Crippen molar-refractivity contribution < 1.29 is 19.1 Å². The van der Waals surface area contributed by atoms with E-state index in [-0.39, 0.29) is 24.4 Å². The van der Waals surface area contributed by atoms with Gasteiger partial charge in [0.1, 0.15) is 10.3 Å². The maximum Gasteiger partial charge on any atom is 0.341 e. The molecular formula is C29H32N2O4S2. The summed E-state index contributed by atoms with van der Waals surface area (Å²) in [6.07, 6.45) is 5.07. The number of nitrogens with one attached hydrogen (secondary N) is 2. The predicted octanol–water partition coefficient (Wildman–Crippen LogP) is 7.01. The normalized spacial score (nSPS) is 13.4. The zero-order chi connectivity index (χ0) is 26.2. The molecule has 1 aliphatic rings. The van der Waals surface area contributed by atoms with Gasteiger partial charge in [-0.25, -0.2) is 4.79 Å². The molecular weight excluding hydrogens is 504 g/mol. The Morgan fingerprint density at radius 2 is 1.78 bits per heavy atom. The first-order valence-electron chi connectivity index (χ1n) is 12.7. The Bertz CT molecular complexity index is 1260. The van der Waals surface area contributed by atoms with Crippen LogP contribution in [-0.4, -0.2) is 24.4 Å². The Balaban J connectivity index is 1.62. The molecule has 0 saturated heterocycles. The van der Waals surface area contributed by atoms with E-state index in [4.69, 9.17) is 4.74 Å². The summed E-state index contributed by atoms with van der Waals surface area (Å²) < 4.78 is 5.35. The number of carbonyl (C=O) groups is 3. The van der Waals surface area contributed by atoms with E-state index in [1.165, 1.54) is 23.1 Å². The summed E-state index contributed by atoms with van der Waals surface area (Å²) in [7, 11) is 0. The molecule has 8 heteroatoms. The topological polar surface area (TPSA) is 84.5 Å². The van der Waals surface area contributed by atoms with Crippen LogP contribution in [0.1, 0.15) is 71.1 Å². The molecule has 2 amide bonds. The van der Waals surface area contributed by atoms with Gasteiger partial charge in [-0.05, 0) is 68.4 Å². The van der Waals surface area contributed by atoms with Gasteiger partial charge in [-0.3, -0.25) is 9.59 Å². The van der Waals surface area contributed by atoms with Crippen LogP contribution >= 0.6 is 23.1 Å². The second kappa shape index (κ2) is 12.9. The molecule has 0 aliphatic heterocycles. The number of esters is 1. The zero-order valence-electron chi connectivity index (χ0n) is 21.2. The molecule has 37 heavy (non-hydrogen) atoms. The molecule has 1 aromatic heterocycles. The average molecular weight is 537 g/mol. The predicted molar refractivity (Wildman–Crippen MR) is 151 cm³/mol. The highest BCUT2D eigenvalue weighted by molar-refractivity contribution is 8.00. The molecule has 0 saturated carbocycles. The lowest BCUT2D eigenvalue weighted by atomic mass is 9.95. The number of anilines is 2. The lowest BCUT2D eigenvalue weighted by molar-refractivity contribution is -0.116. The van der Waals surface area contributed by atoms with Crippen molar-refractivity contribution in [3.8, 4) is 0 Å². The van der Waals surface area contributed by atoms with E-state index in [1.807, 2.05) is 61.5 Å². The van der Waals surface area contributed by atoms with Crippen molar-refractivity contribution in [3.63, 3.8) is 0 Å². The van der Waals surface area contributed by atoms with Gasteiger partial charge in [-0.1, -0.05) is 43.3 Å². The number of thioether (sulfide) groups is 1. The van der Waals surface area contributed by atoms with Gasteiger partial charge in [0.25, 0.3) is 0 Å². The fraction of sp³-hybridized carbons (Fsp3) is 0.345. The van der Waals surface area contributed by atoms with Crippen molar-refractivity contribution >= 4 is 51.6 Å². The molecule has 1 heterocycles. The summed E-state index contributed by atoms with van der Waals surface area (Å²) in [5.74, 6) is -0.618. The fourth-order valence-electron chi connectivity index (χ4n) is 4.39. The minimum atomic E-state index is -0.558. The highest BCUT2D eigenvalue weighted by atomic mass is 32.2. The van der Waals surface area contributed by atoms with Gasteiger partial charge in [-0.15, -0.1) is 23.1 Å². The summed E-state index contributed by atoms with van der Waals surface area (Å²) in [5.41, 5.74) is 3.08. The first kappa shape index (κ1) is 26.9. The number of aryl methyl sites for hydroxylation is 1. The Hall–Kier alpha value is -3.10. The molecule has 2 aromatic carbocycles. The van der Waals surface area contributed by atoms with Crippen molar-refractivity contribution in [3.05, 3.63) is 76.2 Å². The molecule has 194 valence electrons. The number of carbonyl (C=O) groups excluding carboxylic acids is 3. The summed E-state index contributed by atoms with van der Waals surface area (Å²) in [6, 6.07) is 17.1. The minimum absolute atomic E-state index is 0.0323. The summed E-state index contributed by atoms with van der Waals surface area (Å²) in [5, 5.41) is 6.01. The third-order valence-corrected chi connectivity index (χ3v) is 8.53. The minimum Gasteiger partial charge on any atom is -0.462 e. The number of hydrogen-bond donors (Lipinski definition) is 2. The molecule has 4 rings (SSSR count). The van der Waals surface area contributed by atoms with Gasteiger partial charge in [0.2, 0.25) is 11.8 Å². The zero-order valence-corrected chi connectivity index (χ0v) is 22.8. The molecule has 1 atom stereocenters. The Labute approximate surface area is 226 Å². The standard InChI is InChI=1S/C29H32N2O4S2/c1-3-11-24(32)30-20-14-10-15-21(18-20)36-26(19-12-6-5-7-13-19)27(33)31-28-25(29(34)35-4-2)22-16-8-9-17-23(22)37-28/h5-7,10,12-15,18,26H,3-4,8-9,11,16-17H2,1-2H3,(H,30,32)(H,31,33). The maximum absolute atomic E-state index is 13.8. The number of rotatable bonds is 10. The molecule has 0 radical (unpaired) electrons. The van der Waals surface area contributed by atoms with Gasteiger partial charge < -0.3 is 15.4 Å². The van der Waals surface area contributed by atoms with E-state index in [0.29, 0.717) is 22.7 Å². The summed E-state index contributed by atoms with van der Waals surface area (Å²) in [6.45, 7) is 4.03. The third kappa shape index (κ3) is 6.81. The average Bonchev–Trinajstić information content (AvgIpc) is 3.26. The van der Waals surface area contributed by atoms with E-state index >= 15 is 0 Å². The van der Waals surface area contributed by atoms with Gasteiger partial charge in [0.05, 0.1) is 12.2 Å². The van der Waals surface area contributed by atoms with E-state index < -0.39 is 5.25 Å². The molecule has 0 bridgehead atoms. The molecule has 0 fully saturated rings. The van der Waals surface area contributed by atoms with Crippen LogP contribution in [0.5, 0.6) is 0 Å². The second-order valence-electron chi connectivity index (χ2n) is 8.86. The summed E-state index contributed by atoms with van der Waals surface area (Å²) in [4.78, 5) is 40.7. The lowest BCUT2D eigenvalue weighted by Gasteiger charge is -2.18. The smallest absolute Gasteiger partial charge is 0.341 e. The highest BCUT2D eigenvalue weighted by Crippen LogP contribution is 2.41. The molecule has 1 unspecified atom stereocenters. The van der Waals surface area contributed by atoms with Crippen LogP contribution in [0, 0.1) is 0 Å². The maximum atomic E-state index is 13.8. The number of fused-ring (bicyclic) bond motifs is 1. The molecule has 1 aliphatic carbocycles. The highest BCUT2D eigenvalue weighted by Gasteiger charge is 2.30. The van der Waals surface area contributed by atoms with Gasteiger partial charge in [0.15, 0.2) is 0 Å². The van der Waals surface area contributed by atoms with Gasteiger partial charge >= 0.3 is 5.97 Å². The van der Waals surface area contributed by atoms with Gasteiger partial charge in [0, 0.05) is 21.9 Å². The SMILES string of the molecule is CCCC(=O)Nc1cccc(SC(C(=O)Nc2sc3c(c2C(=O)OCC)CCCC3)c2ccccc2)c1. The van der Waals surface area contributed by atoms with Crippen LogP contribution < -0.4 is 10.6 Å². The lowest BCUT2D eigenvalue weighted by Crippen LogP contribution is -2.20.